The lowest BCUT2D eigenvalue weighted by atomic mass is 9.80. The molecule has 45 heavy (non-hydrogen) atoms. The molecule has 0 heterocycles. The molecule has 0 fully saturated rings. The highest BCUT2D eigenvalue weighted by molar-refractivity contribution is 6.74. The second kappa shape index (κ2) is 19.6. The van der Waals surface area contributed by atoms with Crippen molar-refractivity contribution in [2.75, 3.05) is 27.9 Å². The van der Waals surface area contributed by atoms with Gasteiger partial charge in [-0.15, -0.1) is 0 Å². The minimum Gasteiger partial charge on any atom is -0.497 e. The van der Waals surface area contributed by atoms with E-state index in [1.165, 1.54) is 24.8 Å². The van der Waals surface area contributed by atoms with E-state index in [1.54, 1.807) is 21.3 Å². The Morgan fingerprint density at radius 1 is 1.07 bits per heavy atom. The Bertz CT molecular complexity index is 1050. The number of ether oxygens (including phenoxy) is 4. The van der Waals surface area contributed by atoms with Crippen molar-refractivity contribution >= 4 is 14.2 Å². The largest absolute Gasteiger partial charge is 0.497 e. The molecule has 0 aliphatic heterocycles. The van der Waals surface area contributed by atoms with Crippen LogP contribution >= 0.6 is 0 Å². The first-order valence-corrected chi connectivity index (χ1v) is 19.8. The van der Waals surface area contributed by atoms with Crippen LogP contribution in [0.5, 0.6) is 5.75 Å². The van der Waals surface area contributed by atoms with E-state index in [4.69, 9.17) is 23.4 Å². The summed E-state index contributed by atoms with van der Waals surface area (Å²) < 4.78 is 30.8. The van der Waals surface area contributed by atoms with Crippen LogP contribution in [0.3, 0.4) is 0 Å². The third-order valence-electron chi connectivity index (χ3n) is 9.54. The van der Waals surface area contributed by atoms with Crippen LogP contribution < -0.4 is 10.1 Å². The van der Waals surface area contributed by atoms with E-state index in [1.807, 2.05) is 24.3 Å². The number of allylic oxidation sites excluding steroid dienone is 1. The Morgan fingerprint density at radius 2 is 1.78 bits per heavy atom. The second-order valence-electron chi connectivity index (χ2n) is 13.9. The number of hydrogen-bond acceptors (Lipinski definition) is 6. The Morgan fingerprint density at radius 3 is 2.38 bits per heavy atom. The van der Waals surface area contributed by atoms with Gasteiger partial charge in [0.1, 0.15) is 5.75 Å². The fourth-order valence-corrected chi connectivity index (χ4v) is 6.92. The molecule has 1 amide bonds. The lowest BCUT2D eigenvalue weighted by molar-refractivity contribution is -0.123. The van der Waals surface area contributed by atoms with Crippen LogP contribution in [0, 0.1) is 5.92 Å². The van der Waals surface area contributed by atoms with Crippen molar-refractivity contribution in [3.05, 3.63) is 53.6 Å². The molecule has 0 spiro atoms. The molecule has 0 saturated heterocycles. The lowest BCUT2D eigenvalue weighted by Crippen LogP contribution is -2.54. The summed E-state index contributed by atoms with van der Waals surface area (Å²) in [5.74, 6) is 0.764. The number of carbonyl (C=O) groups is 1. The van der Waals surface area contributed by atoms with Crippen molar-refractivity contribution < 1.29 is 28.2 Å². The fraction of sp³-hybridized carbons (Fsp3) is 0.703. The van der Waals surface area contributed by atoms with E-state index >= 15 is 0 Å². The van der Waals surface area contributed by atoms with Gasteiger partial charge in [0.25, 0.3) is 0 Å². The Hall–Kier alpha value is -1.97. The summed E-state index contributed by atoms with van der Waals surface area (Å²) in [4.78, 5) is 12.9. The molecule has 0 radical (unpaired) electrons. The third kappa shape index (κ3) is 13.0. The number of carbonyl (C=O) groups excluding carboxylic acids is 1. The predicted octanol–water partition coefficient (Wildman–Crippen LogP) is 8.39. The van der Waals surface area contributed by atoms with Gasteiger partial charge in [-0.3, -0.25) is 4.79 Å². The van der Waals surface area contributed by atoms with Crippen LogP contribution in [0.15, 0.2) is 48.1 Å². The number of benzene rings is 1. The van der Waals surface area contributed by atoms with Gasteiger partial charge in [-0.1, -0.05) is 77.3 Å². The maximum Gasteiger partial charge on any atom is 0.220 e. The van der Waals surface area contributed by atoms with Gasteiger partial charge in [-0.25, -0.2) is 0 Å². The molecule has 0 aromatic heterocycles. The van der Waals surface area contributed by atoms with Crippen molar-refractivity contribution in [3.63, 3.8) is 0 Å². The lowest BCUT2D eigenvalue weighted by Gasteiger charge is -2.46. The number of amides is 1. The molecule has 7 nitrogen and oxygen atoms in total. The molecule has 1 aromatic carbocycles. The number of unbranched alkanes of at least 4 members (excludes halogenated alkanes) is 2. The van der Waals surface area contributed by atoms with Gasteiger partial charge < -0.3 is 28.7 Å². The zero-order valence-electron chi connectivity index (χ0n) is 29.9. The Kier molecular flexibility index (Phi) is 17.1. The Balaban J connectivity index is 2.10. The monoisotopic (exact) mass is 645 g/mol. The maximum absolute atomic E-state index is 12.9. The minimum absolute atomic E-state index is 0.0218. The average Bonchev–Trinajstić information content (AvgIpc) is 3.00. The highest BCUT2D eigenvalue weighted by Crippen LogP contribution is 2.42. The third-order valence-corrected chi connectivity index (χ3v) is 14.0. The molecular formula is C37H63NO6Si. The smallest absolute Gasteiger partial charge is 0.220 e. The van der Waals surface area contributed by atoms with Gasteiger partial charge >= 0.3 is 0 Å². The van der Waals surface area contributed by atoms with Gasteiger partial charge in [0.05, 0.1) is 38.1 Å². The normalized spacial score (nSPS) is 20.6. The van der Waals surface area contributed by atoms with Gasteiger partial charge in [-0.2, -0.15) is 0 Å². The van der Waals surface area contributed by atoms with E-state index in [-0.39, 0.29) is 41.3 Å². The molecule has 0 saturated carbocycles. The SMILES string of the molecule is CCCCC[C@@H](C/C=C/CCC(=O)NC[C@@H](OC)[C@@H]1[C@H](OCc2ccc(OC)cc2)C(C)=CC[C@H]1O[Si](C)(C)C(C)(C)C)OC. The molecule has 0 unspecified atom stereocenters. The minimum atomic E-state index is -2.09. The molecule has 1 N–H and O–H groups in total. The topological polar surface area (TPSA) is 75.3 Å². The molecular weight excluding hydrogens is 582 g/mol. The van der Waals surface area contributed by atoms with Gasteiger partial charge in [0.2, 0.25) is 5.91 Å². The zero-order valence-corrected chi connectivity index (χ0v) is 30.9. The number of methoxy groups -OCH3 is 3. The van der Waals surface area contributed by atoms with E-state index in [0.29, 0.717) is 26.0 Å². The molecule has 8 heteroatoms. The summed E-state index contributed by atoms with van der Waals surface area (Å²) in [6.07, 6.45) is 13.7. The maximum atomic E-state index is 12.9. The van der Waals surface area contributed by atoms with Crippen LogP contribution in [0.4, 0.5) is 0 Å². The molecule has 1 aromatic rings. The van der Waals surface area contributed by atoms with E-state index in [2.05, 4.69) is 71.3 Å². The molecule has 5 atom stereocenters. The van der Waals surface area contributed by atoms with E-state index < -0.39 is 8.32 Å². The van der Waals surface area contributed by atoms with E-state index in [9.17, 15) is 4.79 Å². The number of rotatable bonds is 20. The number of nitrogens with one attached hydrogen (secondary N) is 1. The predicted molar refractivity (Wildman–Crippen MR) is 187 cm³/mol. The Labute approximate surface area is 275 Å². The summed E-state index contributed by atoms with van der Waals surface area (Å²) in [5, 5.41) is 3.22. The fourth-order valence-electron chi connectivity index (χ4n) is 5.55. The van der Waals surface area contributed by atoms with Gasteiger partial charge in [0.15, 0.2) is 8.32 Å². The van der Waals surface area contributed by atoms with Gasteiger partial charge in [-0.05, 0) is 74.0 Å². The second-order valence-corrected chi connectivity index (χ2v) is 18.7. The van der Waals surface area contributed by atoms with Crippen molar-refractivity contribution in [2.24, 2.45) is 5.92 Å². The van der Waals surface area contributed by atoms with E-state index in [0.717, 1.165) is 30.6 Å². The molecule has 1 aliphatic carbocycles. The molecule has 0 bridgehead atoms. The van der Waals surface area contributed by atoms with Crippen LogP contribution in [0.1, 0.15) is 91.5 Å². The highest BCUT2D eigenvalue weighted by Gasteiger charge is 2.46. The van der Waals surface area contributed by atoms with Crippen molar-refractivity contribution in [1.29, 1.82) is 0 Å². The molecule has 1 aliphatic rings. The quantitative estimate of drug-likeness (QED) is 0.0872. The van der Waals surface area contributed by atoms with Crippen LogP contribution in [0.25, 0.3) is 0 Å². The summed E-state index contributed by atoms with van der Waals surface area (Å²) >= 11 is 0. The van der Waals surface area contributed by atoms with Crippen LogP contribution in [-0.4, -0.2) is 66.5 Å². The standard InChI is InChI=1S/C37H63NO6Si/c1-11-12-14-17-30(40-6)18-15-13-16-19-34(39)38-26-33(42-8)35-32(44-45(9,10)37(3,4)5)25-20-28(2)36(35)43-27-29-21-23-31(41-7)24-22-29/h13,15,20-24,30,32-33,35-36H,11-12,14,16-19,25-27H2,1-10H3,(H,38,39)/b15-13+/t30-,32+,33+,35+,36+/m0/s1. The summed E-state index contributed by atoms with van der Waals surface area (Å²) in [6.45, 7) is 16.6. The number of hydrogen-bond donors (Lipinski definition) is 1. The summed E-state index contributed by atoms with van der Waals surface area (Å²) in [7, 11) is 3.09. The average molecular weight is 646 g/mol. The summed E-state index contributed by atoms with van der Waals surface area (Å²) in [6, 6.07) is 7.97. The highest BCUT2D eigenvalue weighted by atomic mass is 28.4. The van der Waals surface area contributed by atoms with Crippen molar-refractivity contribution in [1.82, 2.24) is 5.32 Å². The molecule has 2 rings (SSSR count). The van der Waals surface area contributed by atoms with Crippen LogP contribution in [0.2, 0.25) is 18.1 Å². The molecule has 256 valence electrons. The van der Waals surface area contributed by atoms with Gasteiger partial charge in [0, 0.05) is 33.1 Å². The van der Waals surface area contributed by atoms with Crippen LogP contribution in [-0.2, 0) is 30.0 Å². The first-order chi connectivity index (χ1) is 21.4. The summed E-state index contributed by atoms with van der Waals surface area (Å²) in [5.41, 5.74) is 2.24. The van der Waals surface area contributed by atoms with Crippen molar-refractivity contribution in [2.45, 2.75) is 135 Å². The van der Waals surface area contributed by atoms with Crippen molar-refractivity contribution in [3.8, 4) is 5.75 Å². The zero-order chi connectivity index (χ0) is 33.5. The first-order valence-electron chi connectivity index (χ1n) is 16.9. The first kappa shape index (κ1) is 39.2.